The van der Waals surface area contributed by atoms with Crippen molar-refractivity contribution >= 4 is 46.0 Å². The van der Waals surface area contributed by atoms with E-state index in [9.17, 15) is 14.7 Å². The van der Waals surface area contributed by atoms with E-state index in [2.05, 4.69) is 16.4 Å². The summed E-state index contributed by atoms with van der Waals surface area (Å²) in [6.45, 7) is 0.674. The quantitative estimate of drug-likeness (QED) is 0.327. The molecule has 1 aliphatic heterocycles. The number of amides is 1. The molecule has 182 valence electrons. The number of aryl methyl sites for hydroxylation is 1. The standard InChI is InChI=1S/C28H22Cl2N2O4/c29-21-9-2-10-22(30)24(21)27(33)32-23(28(34)35)15-17-11-12-18(19-8-3-13-31-25(17)19)20-7-1-5-16-6-4-14-36-26(16)20/h1-3,5,7-13,23H,4,6,14-15H2,(H,32,33)(H,34,35)/t23-/m0/s1. The van der Waals surface area contributed by atoms with Crippen LogP contribution in [0.25, 0.3) is 22.0 Å². The molecule has 4 aromatic rings. The monoisotopic (exact) mass is 520 g/mol. The van der Waals surface area contributed by atoms with Crippen LogP contribution in [-0.2, 0) is 17.6 Å². The van der Waals surface area contributed by atoms with E-state index in [0.29, 0.717) is 17.7 Å². The van der Waals surface area contributed by atoms with Crippen LogP contribution in [0.4, 0.5) is 0 Å². The molecular weight excluding hydrogens is 499 g/mol. The Morgan fingerprint density at radius 1 is 1.00 bits per heavy atom. The van der Waals surface area contributed by atoms with Crippen LogP contribution >= 0.6 is 23.2 Å². The fraction of sp³-hybridized carbons (Fsp3) is 0.179. The fourth-order valence-corrected chi connectivity index (χ4v) is 5.17. The summed E-state index contributed by atoms with van der Waals surface area (Å²) in [4.78, 5) is 29.5. The summed E-state index contributed by atoms with van der Waals surface area (Å²) in [6.07, 6.45) is 3.65. The number of carbonyl (C=O) groups excluding carboxylic acids is 1. The predicted molar refractivity (Wildman–Crippen MR) is 140 cm³/mol. The van der Waals surface area contributed by atoms with Gasteiger partial charge in [-0.3, -0.25) is 9.78 Å². The number of rotatable bonds is 6. The third-order valence-electron chi connectivity index (χ3n) is 6.29. The number of aliphatic carboxylic acids is 1. The van der Waals surface area contributed by atoms with Crippen LogP contribution in [0.3, 0.4) is 0 Å². The molecule has 1 aromatic heterocycles. The third kappa shape index (κ3) is 4.62. The van der Waals surface area contributed by atoms with Gasteiger partial charge >= 0.3 is 5.97 Å². The molecule has 0 aliphatic carbocycles. The molecule has 0 radical (unpaired) electrons. The molecule has 3 aromatic carbocycles. The maximum atomic E-state index is 12.9. The molecule has 0 saturated heterocycles. The van der Waals surface area contributed by atoms with Crippen LogP contribution < -0.4 is 10.1 Å². The van der Waals surface area contributed by atoms with Crippen molar-refractivity contribution in [2.24, 2.45) is 0 Å². The van der Waals surface area contributed by atoms with Crippen LogP contribution in [0.1, 0.15) is 27.9 Å². The second-order valence-corrected chi connectivity index (χ2v) is 9.40. The average molecular weight is 521 g/mol. The molecule has 0 spiro atoms. The second kappa shape index (κ2) is 10.2. The Balaban J connectivity index is 1.51. The van der Waals surface area contributed by atoms with Crippen LogP contribution in [0.15, 0.2) is 66.9 Å². The van der Waals surface area contributed by atoms with Crippen LogP contribution in [0.5, 0.6) is 5.75 Å². The lowest BCUT2D eigenvalue weighted by molar-refractivity contribution is -0.139. The molecule has 0 fully saturated rings. The number of para-hydroxylation sites is 1. The molecule has 1 atom stereocenters. The molecule has 1 aliphatic rings. The number of carbonyl (C=O) groups is 2. The summed E-state index contributed by atoms with van der Waals surface area (Å²) in [7, 11) is 0. The Morgan fingerprint density at radius 2 is 1.78 bits per heavy atom. The highest BCUT2D eigenvalue weighted by Crippen LogP contribution is 2.39. The van der Waals surface area contributed by atoms with Crippen LogP contribution in [0.2, 0.25) is 10.0 Å². The van der Waals surface area contributed by atoms with Gasteiger partial charge in [0.2, 0.25) is 0 Å². The van der Waals surface area contributed by atoms with Gasteiger partial charge in [0.15, 0.2) is 0 Å². The number of benzene rings is 3. The zero-order valence-corrected chi connectivity index (χ0v) is 20.6. The topological polar surface area (TPSA) is 88.5 Å². The zero-order chi connectivity index (χ0) is 25.2. The number of fused-ring (bicyclic) bond motifs is 2. The first-order valence-corrected chi connectivity index (χ1v) is 12.3. The number of hydrogen-bond acceptors (Lipinski definition) is 4. The fourth-order valence-electron chi connectivity index (χ4n) is 4.60. The minimum absolute atomic E-state index is 0.0281. The van der Waals surface area contributed by atoms with Gasteiger partial charge in [0, 0.05) is 23.6 Å². The third-order valence-corrected chi connectivity index (χ3v) is 6.92. The van der Waals surface area contributed by atoms with Gasteiger partial charge in [0.25, 0.3) is 5.91 Å². The molecule has 0 unspecified atom stereocenters. The van der Waals surface area contributed by atoms with Gasteiger partial charge in [0.1, 0.15) is 11.8 Å². The van der Waals surface area contributed by atoms with Crippen molar-refractivity contribution in [2.75, 3.05) is 6.61 Å². The summed E-state index contributed by atoms with van der Waals surface area (Å²) in [5.41, 5.74) is 4.51. The van der Waals surface area contributed by atoms with Crippen molar-refractivity contribution < 1.29 is 19.4 Å². The molecule has 1 amide bonds. The highest BCUT2D eigenvalue weighted by atomic mass is 35.5. The van der Waals surface area contributed by atoms with Crippen molar-refractivity contribution in [3.63, 3.8) is 0 Å². The first-order chi connectivity index (χ1) is 17.4. The summed E-state index contributed by atoms with van der Waals surface area (Å²) >= 11 is 12.3. The predicted octanol–water partition coefficient (Wildman–Crippen LogP) is 5.96. The van der Waals surface area contributed by atoms with E-state index in [1.54, 1.807) is 12.3 Å². The summed E-state index contributed by atoms with van der Waals surface area (Å²) < 4.78 is 6.02. The highest BCUT2D eigenvalue weighted by Gasteiger charge is 2.25. The van der Waals surface area contributed by atoms with E-state index >= 15 is 0 Å². The maximum Gasteiger partial charge on any atom is 0.326 e. The number of nitrogens with one attached hydrogen (secondary N) is 1. The van der Waals surface area contributed by atoms with Crippen LogP contribution in [-0.4, -0.2) is 34.6 Å². The van der Waals surface area contributed by atoms with E-state index in [-0.39, 0.29) is 22.0 Å². The average Bonchev–Trinajstić information content (AvgIpc) is 2.88. The number of aromatic nitrogens is 1. The molecule has 8 heteroatoms. The van der Waals surface area contributed by atoms with Gasteiger partial charge in [0.05, 0.1) is 27.7 Å². The molecule has 5 rings (SSSR count). The molecule has 0 bridgehead atoms. The van der Waals surface area contributed by atoms with E-state index in [1.807, 2.05) is 36.4 Å². The normalized spacial score (nSPS) is 13.5. The van der Waals surface area contributed by atoms with Crippen molar-refractivity contribution in [2.45, 2.75) is 25.3 Å². The Bertz CT molecular complexity index is 1470. The van der Waals surface area contributed by atoms with E-state index in [4.69, 9.17) is 27.9 Å². The lowest BCUT2D eigenvalue weighted by Gasteiger charge is -2.22. The van der Waals surface area contributed by atoms with Crippen LogP contribution in [0, 0.1) is 0 Å². The summed E-state index contributed by atoms with van der Waals surface area (Å²) in [6, 6.07) is 17.2. The SMILES string of the molecule is O=C(N[C@@H](Cc1ccc(-c2cccc3c2OCCC3)c2cccnc12)C(=O)O)c1c(Cl)cccc1Cl. The van der Waals surface area contributed by atoms with Crippen molar-refractivity contribution in [1.82, 2.24) is 10.3 Å². The molecule has 6 nitrogen and oxygen atoms in total. The molecule has 2 heterocycles. The highest BCUT2D eigenvalue weighted by molar-refractivity contribution is 6.39. The smallest absolute Gasteiger partial charge is 0.326 e. The number of pyridine rings is 1. The Hall–Kier alpha value is -3.61. The lowest BCUT2D eigenvalue weighted by atomic mass is 9.92. The lowest BCUT2D eigenvalue weighted by Crippen LogP contribution is -2.42. The zero-order valence-electron chi connectivity index (χ0n) is 19.1. The van der Waals surface area contributed by atoms with Crippen molar-refractivity contribution in [3.05, 3.63) is 93.6 Å². The Kier molecular flexibility index (Phi) is 6.81. The van der Waals surface area contributed by atoms with E-state index < -0.39 is 17.9 Å². The molecule has 36 heavy (non-hydrogen) atoms. The summed E-state index contributed by atoms with van der Waals surface area (Å²) in [5.74, 6) is -0.945. The van der Waals surface area contributed by atoms with Crippen molar-refractivity contribution in [1.29, 1.82) is 0 Å². The van der Waals surface area contributed by atoms with E-state index in [0.717, 1.165) is 35.1 Å². The largest absolute Gasteiger partial charge is 0.493 e. The number of hydrogen-bond donors (Lipinski definition) is 2. The van der Waals surface area contributed by atoms with Gasteiger partial charge in [-0.25, -0.2) is 4.79 Å². The second-order valence-electron chi connectivity index (χ2n) is 8.58. The minimum Gasteiger partial charge on any atom is -0.493 e. The minimum atomic E-state index is -1.21. The van der Waals surface area contributed by atoms with Gasteiger partial charge in [-0.1, -0.05) is 65.7 Å². The van der Waals surface area contributed by atoms with Gasteiger partial charge in [-0.15, -0.1) is 0 Å². The van der Waals surface area contributed by atoms with E-state index in [1.165, 1.54) is 17.7 Å². The van der Waals surface area contributed by atoms with Crippen molar-refractivity contribution in [3.8, 4) is 16.9 Å². The maximum absolute atomic E-state index is 12.9. The summed E-state index contributed by atoms with van der Waals surface area (Å²) in [5, 5.41) is 13.6. The van der Waals surface area contributed by atoms with Gasteiger partial charge in [-0.2, -0.15) is 0 Å². The molecule has 2 N–H and O–H groups in total. The Morgan fingerprint density at radius 3 is 2.56 bits per heavy atom. The number of carboxylic acids is 1. The number of ether oxygens (including phenoxy) is 1. The number of carboxylic acid groups (broad SMARTS) is 1. The molecular formula is C28H22Cl2N2O4. The van der Waals surface area contributed by atoms with Gasteiger partial charge < -0.3 is 15.2 Å². The molecule has 0 saturated carbocycles. The Labute approximate surface area is 217 Å². The number of nitrogens with zero attached hydrogens (tertiary/aromatic N) is 1. The first-order valence-electron chi connectivity index (χ1n) is 11.5. The van der Waals surface area contributed by atoms with Gasteiger partial charge in [-0.05, 0) is 47.7 Å². The number of halogens is 2. The first kappa shape index (κ1) is 24.1.